The van der Waals surface area contributed by atoms with Crippen LogP contribution in [0.1, 0.15) is 19.4 Å². The van der Waals surface area contributed by atoms with Crippen LogP contribution >= 0.6 is 0 Å². The van der Waals surface area contributed by atoms with Crippen molar-refractivity contribution in [3.63, 3.8) is 0 Å². The second-order valence-electron chi connectivity index (χ2n) is 3.88. The molecular formula is C12H15FN2O3. The Labute approximate surface area is 104 Å². The average Bonchev–Trinajstić information content (AvgIpc) is 2.28. The average molecular weight is 254 g/mol. The number of amides is 1. The van der Waals surface area contributed by atoms with E-state index in [1.165, 1.54) is 25.1 Å². The first-order chi connectivity index (χ1) is 8.40. The SMILES string of the molecule is CC(=N)c1cc(F)ccc1OC(C)CNC(=O)O. The Bertz CT molecular complexity index is 463. The van der Waals surface area contributed by atoms with Gasteiger partial charge in [-0.1, -0.05) is 0 Å². The molecule has 0 aromatic heterocycles. The van der Waals surface area contributed by atoms with Crippen LogP contribution in [-0.2, 0) is 0 Å². The van der Waals surface area contributed by atoms with Gasteiger partial charge in [0.25, 0.3) is 0 Å². The van der Waals surface area contributed by atoms with Gasteiger partial charge in [-0.2, -0.15) is 0 Å². The molecule has 0 spiro atoms. The molecular weight excluding hydrogens is 239 g/mol. The highest BCUT2D eigenvalue weighted by atomic mass is 19.1. The van der Waals surface area contributed by atoms with Gasteiger partial charge >= 0.3 is 6.09 Å². The van der Waals surface area contributed by atoms with Crippen molar-refractivity contribution in [3.8, 4) is 5.75 Å². The van der Waals surface area contributed by atoms with Gasteiger partial charge in [0.15, 0.2) is 0 Å². The highest BCUT2D eigenvalue weighted by molar-refractivity contribution is 5.98. The molecule has 0 heterocycles. The van der Waals surface area contributed by atoms with E-state index in [1.807, 2.05) is 0 Å². The van der Waals surface area contributed by atoms with Crippen molar-refractivity contribution in [1.29, 1.82) is 5.41 Å². The summed E-state index contributed by atoms with van der Waals surface area (Å²) in [6.07, 6.45) is -1.54. The van der Waals surface area contributed by atoms with Crippen molar-refractivity contribution in [2.75, 3.05) is 6.54 Å². The van der Waals surface area contributed by atoms with Crippen LogP contribution in [-0.4, -0.2) is 29.6 Å². The summed E-state index contributed by atoms with van der Waals surface area (Å²) in [4.78, 5) is 10.3. The molecule has 0 bridgehead atoms. The molecule has 18 heavy (non-hydrogen) atoms. The second-order valence-corrected chi connectivity index (χ2v) is 3.88. The minimum Gasteiger partial charge on any atom is -0.488 e. The van der Waals surface area contributed by atoms with Crippen LogP contribution in [0.25, 0.3) is 0 Å². The van der Waals surface area contributed by atoms with E-state index in [4.69, 9.17) is 15.3 Å². The zero-order valence-electron chi connectivity index (χ0n) is 10.2. The van der Waals surface area contributed by atoms with Gasteiger partial charge in [-0.25, -0.2) is 9.18 Å². The summed E-state index contributed by atoms with van der Waals surface area (Å²) in [7, 11) is 0. The normalized spacial score (nSPS) is 11.7. The minimum atomic E-state index is -1.13. The first-order valence-electron chi connectivity index (χ1n) is 5.38. The summed E-state index contributed by atoms with van der Waals surface area (Å²) < 4.78 is 18.5. The summed E-state index contributed by atoms with van der Waals surface area (Å²) in [5.74, 6) is -0.0798. The van der Waals surface area contributed by atoms with Gasteiger partial charge in [0.1, 0.15) is 17.7 Å². The molecule has 5 nitrogen and oxygen atoms in total. The van der Waals surface area contributed by atoms with Crippen molar-refractivity contribution in [2.45, 2.75) is 20.0 Å². The zero-order chi connectivity index (χ0) is 13.7. The number of nitrogens with one attached hydrogen (secondary N) is 2. The van der Waals surface area contributed by atoms with Crippen LogP contribution in [0.2, 0.25) is 0 Å². The van der Waals surface area contributed by atoms with Crippen molar-refractivity contribution >= 4 is 11.8 Å². The van der Waals surface area contributed by atoms with Crippen molar-refractivity contribution in [1.82, 2.24) is 5.32 Å². The number of carbonyl (C=O) groups is 1. The molecule has 0 saturated heterocycles. The van der Waals surface area contributed by atoms with E-state index in [-0.39, 0.29) is 12.3 Å². The van der Waals surface area contributed by atoms with Gasteiger partial charge in [-0.15, -0.1) is 0 Å². The lowest BCUT2D eigenvalue weighted by molar-refractivity contribution is 0.178. The van der Waals surface area contributed by atoms with Crippen LogP contribution in [0.4, 0.5) is 9.18 Å². The maximum atomic E-state index is 13.1. The van der Waals surface area contributed by atoms with Crippen LogP contribution in [0.3, 0.4) is 0 Å². The van der Waals surface area contributed by atoms with E-state index in [0.717, 1.165) is 0 Å². The molecule has 1 aromatic rings. The summed E-state index contributed by atoms with van der Waals surface area (Å²) in [6.45, 7) is 3.33. The number of carboxylic acid groups (broad SMARTS) is 1. The molecule has 1 atom stereocenters. The third-order valence-electron chi connectivity index (χ3n) is 2.21. The maximum absolute atomic E-state index is 13.1. The van der Waals surface area contributed by atoms with Gasteiger partial charge < -0.3 is 20.6 Å². The summed E-state index contributed by atoms with van der Waals surface area (Å²) in [6, 6.07) is 3.88. The molecule has 1 aromatic carbocycles. The van der Waals surface area contributed by atoms with E-state index in [0.29, 0.717) is 11.3 Å². The first-order valence-corrected chi connectivity index (χ1v) is 5.38. The summed E-state index contributed by atoms with van der Waals surface area (Å²) in [5, 5.41) is 18.2. The molecule has 3 N–H and O–H groups in total. The first kappa shape index (κ1) is 14.0. The molecule has 0 aliphatic carbocycles. The van der Waals surface area contributed by atoms with E-state index in [1.54, 1.807) is 6.92 Å². The standard InChI is InChI=1S/C12H15FN2O3/c1-7(6-15-12(16)17)18-11-4-3-9(13)5-10(11)8(2)14/h3-5,7,14-15H,6H2,1-2H3,(H,16,17). The number of halogens is 1. The molecule has 1 amide bonds. The topological polar surface area (TPSA) is 82.4 Å². The molecule has 0 fully saturated rings. The highest BCUT2D eigenvalue weighted by Gasteiger charge is 2.11. The maximum Gasteiger partial charge on any atom is 0.404 e. The van der Waals surface area contributed by atoms with Crippen molar-refractivity contribution in [2.24, 2.45) is 0 Å². The molecule has 0 radical (unpaired) electrons. The van der Waals surface area contributed by atoms with E-state index in [9.17, 15) is 9.18 Å². The van der Waals surface area contributed by atoms with Gasteiger partial charge in [0.2, 0.25) is 0 Å². The van der Waals surface area contributed by atoms with Crippen molar-refractivity contribution in [3.05, 3.63) is 29.6 Å². The van der Waals surface area contributed by atoms with Crippen molar-refractivity contribution < 1.29 is 19.0 Å². The third kappa shape index (κ3) is 4.04. The Morgan fingerprint density at radius 1 is 1.61 bits per heavy atom. The van der Waals surface area contributed by atoms with Gasteiger partial charge in [0.05, 0.1) is 6.54 Å². The fourth-order valence-electron chi connectivity index (χ4n) is 1.39. The molecule has 98 valence electrons. The molecule has 0 aliphatic rings. The van der Waals surface area contributed by atoms with Crippen LogP contribution in [0.5, 0.6) is 5.75 Å². The predicted molar refractivity (Wildman–Crippen MR) is 65.0 cm³/mol. The lowest BCUT2D eigenvalue weighted by Crippen LogP contribution is -2.32. The predicted octanol–water partition coefficient (Wildman–Crippen LogP) is 2.25. The third-order valence-corrected chi connectivity index (χ3v) is 2.21. The number of hydrogen-bond acceptors (Lipinski definition) is 3. The fraction of sp³-hybridized carbons (Fsp3) is 0.333. The molecule has 0 aliphatic heterocycles. The lowest BCUT2D eigenvalue weighted by Gasteiger charge is -2.17. The second kappa shape index (κ2) is 6.00. The smallest absolute Gasteiger partial charge is 0.404 e. The Balaban J connectivity index is 2.77. The fourth-order valence-corrected chi connectivity index (χ4v) is 1.39. The summed E-state index contributed by atoms with van der Waals surface area (Å²) >= 11 is 0. The number of hydrogen-bond donors (Lipinski definition) is 3. The molecule has 1 unspecified atom stereocenters. The van der Waals surface area contributed by atoms with Gasteiger partial charge in [-0.05, 0) is 32.0 Å². The number of rotatable bonds is 5. The van der Waals surface area contributed by atoms with Gasteiger partial charge in [0, 0.05) is 11.3 Å². The number of benzene rings is 1. The molecule has 0 saturated carbocycles. The molecule has 1 rings (SSSR count). The Morgan fingerprint density at radius 2 is 2.28 bits per heavy atom. The molecule has 6 heteroatoms. The zero-order valence-corrected chi connectivity index (χ0v) is 10.2. The highest BCUT2D eigenvalue weighted by Crippen LogP contribution is 2.21. The van der Waals surface area contributed by atoms with E-state index >= 15 is 0 Å². The minimum absolute atomic E-state index is 0.114. The Kier molecular flexibility index (Phi) is 4.65. The van der Waals surface area contributed by atoms with Crippen LogP contribution in [0, 0.1) is 11.2 Å². The lowest BCUT2D eigenvalue weighted by atomic mass is 10.1. The van der Waals surface area contributed by atoms with E-state index in [2.05, 4.69) is 5.32 Å². The van der Waals surface area contributed by atoms with E-state index < -0.39 is 18.0 Å². The Hall–Kier alpha value is -2.11. The quantitative estimate of drug-likeness (QED) is 0.705. The largest absolute Gasteiger partial charge is 0.488 e. The summed E-state index contributed by atoms with van der Waals surface area (Å²) in [5.41, 5.74) is 0.542. The van der Waals surface area contributed by atoms with Gasteiger partial charge in [-0.3, -0.25) is 0 Å². The number of ether oxygens (including phenoxy) is 1. The van der Waals surface area contributed by atoms with Crippen LogP contribution < -0.4 is 10.1 Å². The monoisotopic (exact) mass is 254 g/mol. The Morgan fingerprint density at radius 3 is 2.83 bits per heavy atom. The van der Waals surface area contributed by atoms with Crippen LogP contribution in [0.15, 0.2) is 18.2 Å².